The normalized spacial score (nSPS) is 15.5. The van der Waals surface area contributed by atoms with Crippen molar-refractivity contribution >= 4 is 5.91 Å². The predicted molar refractivity (Wildman–Crippen MR) is 128 cm³/mol. The lowest BCUT2D eigenvalue weighted by Gasteiger charge is -2.24. The molecule has 2 heterocycles. The average molecular weight is 443 g/mol. The van der Waals surface area contributed by atoms with Crippen LogP contribution in [0.1, 0.15) is 46.7 Å². The van der Waals surface area contributed by atoms with Crippen LogP contribution in [0.5, 0.6) is 0 Å². The minimum Gasteiger partial charge on any atom is -0.348 e. The zero-order chi connectivity index (χ0) is 23.0. The molecule has 7 heteroatoms. The van der Waals surface area contributed by atoms with Gasteiger partial charge in [-0.1, -0.05) is 42.5 Å². The average Bonchev–Trinajstić information content (AvgIpc) is 2.84. The minimum atomic E-state index is -0.231. The van der Waals surface area contributed by atoms with Crippen molar-refractivity contribution in [3.63, 3.8) is 0 Å². The van der Waals surface area contributed by atoms with E-state index in [1.807, 2.05) is 37.3 Å². The number of allylic oxidation sites excluding steroid dienone is 2. The van der Waals surface area contributed by atoms with Crippen molar-refractivity contribution in [1.82, 2.24) is 30.2 Å². The van der Waals surface area contributed by atoms with Crippen LogP contribution in [0.25, 0.3) is 11.4 Å². The summed E-state index contributed by atoms with van der Waals surface area (Å²) in [6.45, 7) is 3.91. The highest BCUT2D eigenvalue weighted by atomic mass is 16.1. The van der Waals surface area contributed by atoms with E-state index >= 15 is 0 Å². The Morgan fingerprint density at radius 2 is 1.94 bits per heavy atom. The van der Waals surface area contributed by atoms with E-state index in [0.29, 0.717) is 41.8 Å². The van der Waals surface area contributed by atoms with Crippen LogP contribution >= 0.6 is 0 Å². The maximum absolute atomic E-state index is 13.0. The van der Waals surface area contributed by atoms with Gasteiger partial charge in [0, 0.05) is 25.5 Å². The first-order valence-corrected chi connectivity index (χ1v) is 11.4. The van der Waals surface area contributed by atoms with Crippen LogP contribution in [0.15, 0.2) is 61.1 Å². The highest BCUT2D eigenvalue weighted by Gasteiger charge is 2.19. The monoisotopic (exact) mass is 442 g/mol. The molecule has 1 atom stereocenters. The fourth-order valence-electron chi connectivity index (χ4n) is 4.01. The molecule has 1 amide bonds. The molecule has 4 rings (SSSR count). The summed E-state index contributed by atoms with van der Waals surface area (Å²) in [5.41, 5.74) is 3.30. The Hall–Kier alpha value is -3.45. The number of hydrogen-bond donors (Lipinski definition) is 1. The zero-order valence-electron chi connectivity index (χ0n) is 19.2. The molecule has 0 saturated heterocycles. The molecule has 0 spiro atoms. The van der Waals surface area contributed by atoms with Crippen molar-refractivity contribution in [2.75, 3.05) is 13.6 Å². The number of aromatic nitrogens is 4. The largest absolute Gasteiger partial charge is 0.348 e. The van der Waals surface area contributed by atoms with Gasteiger partial charge in [0.05, 0.1) is 24.0 Å². The predicted octanol–water partition coefficient (Wildman–Crippen LogP) is 3.96. The van der Waals surface area contributed by atoms with E-state index in [1.54, 1.807) is 18.6 Å². The molecule has 0 bridgehead atoms. The van der Waals surface area contributed by atoms with Crippen molar-refractivity contribution < 1.29 is 4.79 Å². The van der Waals surface area contributed by atoms with Gasteiger partial charge in [0.15, 0.2) is 0 Å². The first kappa shape index (κ1) is 22.7. The Bertz CT molecular complexity index is 1100. The summed E-state index contributed by atoms with van der Waals surface area (Å²) in [6.07, 6.45) is 13.0. The lowest BCUT2D eigenvalue weighted by atomic mass is 9.94. The molecule has 0 radical (unpaired) electrons. The van der Waals surface area contributed by atoms with E-state index in [2.05, 4.69) is 44.4 Å². The zero-order valence-corrected chi connectivity index (χ0v) is 19.2. The summed E-state index contributed by atoms with van der Waals surface area (Å²) in [6, 6.07) is 9.81. The van der Waals surface area contributed by atoms with Gasteiger partial charge in [-0.25, -0.2) is 9.97 Å². The maximum Gasteiger partial charge on any atom is 0.255 e. The summed E-state index contributed by atoms with van der Waals surface area (Å²) in [5.74, 6) is 1.09. The third kappa shape index (κ3) is 6.29. The molecule has 1 aromatic carbocycles. The summed E-state index contributed by atoms with van der Waals surface area (Å²) in [5, 5.41) is 2.97. The van der Waals surface area contributed by atoms with Crippen LogP contribution in [-0.2, 0) is 13.1 Å². The van der Waals surface area contributed by atoms with Gasteiger partial charge < -0.3 is 5.32 Å². The lowest BCUT2D eigenvalue weighted by molar-refractivity contribution is 0.0950. The summed E-state index contributed by atoms with van der Waals surface area (Å²) in [4.78, 5) is 33.4. The molecule has 33 heavy (non-hydrogen) atoms. The van der Waals surface area contributed by atoms with Gasteiger partial charge in [0.25, 0.3) is 5.91 Å². The van der Waals surface area contributed by atoms with Crippen molar-refractivity contribution in [2.24, 2.45) is 5.92 Å². The van der Waals surface area contributed by atoms with Crippen LogP contribution < -0.4 is 5.32 Å². The molecule has 0 unspecified atom stereocenters. The van der Waals surface area contributed by atoms with Crippen LogP contribution in [-0.4, -0.2) is 44.3 Å². The third-order valence-corrected chi connectivity index (χ3v) is 5.76. The molecule has 3 aromatic rings. The van der Waals surface area contributed by atoms with Gasteiger partial charge in [-0.2, -0.15) is 0 Å². The second kappa shape index (κ2) is 10.9. The van der Waals surface area contributed by atoms with Crippen LogP contribution in [0.4, 0.5) is 0 Å². The van der Waals surface area contributed by atoms with Gasteiger partial charge in [-0.05, 0) is 44.7 Å². The molecule has 0 saturated carbocycles. The first-order chi connectivity index (χ1) is 16.1. The Morgan fingerprint density at radius 3 is 2.67 bits per heavy atom. The number of carbonyl (C=O) groups excluding carboxylic acids is 1. The van der Waals surface area contributed by atoms with Crippen LogP contribution in [0.3, 0.4) is 0 Å². The number of rotatable bonds is 8. The molecule has 1 aliphatic rings. The number of nitrogens with one attached hydrogen (secondary N) is 1. The molecule has 0 fully saturated rings. The fraction of sp³-hybridized carbons (Fsp3) is 0.346. The van der Waals surface area contributed by atoms with Crippen molar-refractivity contribution in [3.05, 3.63) is 83.7 Å². The highest BCUT2D eigenvalue weighted by Crippen LogP contribution is 2.21. The van der Waals surface area contributed by atoms with Crippen LogP contribution in [0.2, 0.25) is 0 Å². The maximum atomic E-state index is 13.0. The molecule has 2 aromatic heterocycles. The van der Waals surface area contributed by atoms with Crippen molar-refractivity contribution in [1.29, 1.82) is 0 Å². The molecule has 1 aliphatic carbocycles. The highest BCUT2D eigenvalue weighted by molar-refractivity contribution is 5.99. The molecular weight excluding hydrogens is 412 g/mol. The molecule has 170 valence electrons. The second-order valence-corrected chi connectivity index (χ2v) is 8.61. The van der Waals surface area contributed by atoms with Crippen molar-refractivity contribution in [3.8, 4) is 11.4 Å². The summed E-state index contributed by atoms with van der Waals surface area (Å²) in [7, 11) is 2.09. The standard InChI is InChI=1S/C26H30N6O/c1-19-13-28-23(16-27-19)25-22(26(33)30-14-20-9-5-3-6-10-20)15-29-24(31-25)18-32(2)17-21-11-7-4-8-12-21/h3-7,9-10,13,15-16,21H,8,11-12,14,17-18H2,1-2H3,(H,30,33)/t21-/m1/s1. The number of aryl methyl sites for hydroxylation is 1. The number of benzene rings is 1. The summed E-state index contributed by atoms with van der Waals surface area (Å²) < 4.78 is 0. The number of nitrogens with zero attached hydrogens (tertiary/aromatic N) is 5. The SMILES string of the molecule is Cc1cnc(-c2nc(CN(C)C[C@@H]3CC=CCC3)ncc2C(=O)NCc2ccccc2)cn1. The van der Waals surface area contributed by atoms with Crippen molar-refractivity contribution in [2.45, 2.75) is 39.3 Å². The van der Waals surface area contributed by atoms with E-state index in [0.717, 1.165) is 30.6 Å². The number of hydrogen-bond acceptors (Lipinski definition) is 6. The Morgan fingerprint density at radius 1 is 1.09 bits per heavy atom. The van der Waals surface area contributed by atoms with E-state index in [4.69, 9.17) is 4.98 Å². The second-order valence-electron chi connectivity index (χ2n) is 8.61. The smallest absolute Gasteiger partial charge is 0.255 e. The fourth-order valence-corrected chi connectivity index (χ4v) is 4.01. The number of carbonyl (C=O) groups is 1. The van der Waals surface area contributed by atoms with Gasteiger partial charge in [-0.3, -0.25) is 19.7 Å². The molecular formula is C26H30N6O. The lowest BCUT2D eigenvalue weighted by Crippen LogP contribution is -2.28. The quantitative estimate of drug-likeness (QED) is 0.532. The summed E-state index contributed by atoms with van der Waals surface area (Å²) >= 11 is 0. The molecule has 7 nitrogen and oxygen atoms in total. The van der Waals surface area contributed by atoms with Crippen LogP contribution in [0, 0.1) is 12.8 Å². The van der Waals surface area contributed by atoms with Gasteiger partial charge in [-0.15, -0.1) is 0 Å². The first-order valence-electron chi connectivity index (χ1n) is 11.4. The third-order valence-electron chi connectivity index (χ3n) is 5.76. The van der Waals surface area contributed by atoms with E-state index < -0.39 is 0 Å². The number of amides is 1. The topological polar surface area (TPSA) is 83.9 Å². The molecule has 0 aliphatic heterocycles. The Balaban J connectivity index is 1.53. The van der Waals surface area contributed by atoms with Gasteiger partial charge >= 0.3 is 0 Å². The Labute approximate surface area is 195 Å². The van der Waals surface area contributed by atoms with E-state index in [9.17, 15) is 4.79 Å². The van der Waals surface area contributed by atoms with E-state index in [-0.39, 0.29) is 5.91 Å². The molecule has 1 N–H and O–H groups in total. The van der Waals surface area contributed by atoms with E-state index in [1.165, 1.54) is 6.42 Å². The van der Waals surface area contributed by atoms with Gasteiger partial charge in [0.1, 0.15) is 17.2 Å². The van der Waals surface area contributed by atoms with Gasteiger partial charge in [0.2, 0.25) is 0 Å². The minimum absolute atomic E-state index is 0.231. The Kier molecular flexibility index (Phi) is 7.52.